The van der Waals surface area contributed by atoms with Crippen molar-refractivity contribution < 1.29 is 5.11 Å². The van der Waals surface area contributed by atoms with Crippen LogP contribution in [0.2, 0.25) is 4.28 Å². The van der Waals surface area contributed by atoms with Crippen molar-refractivity contribution in [1.82, 2.24) is 0 Å². The predicted octanol–water partition coefficient (Wildman–Crippen LogP) is 0.983. The zero-order valence-corrected chi connectivity index (χ0v) is 11.3. The molecule has 0 bridgehead atoms. The van der Waals surface area contributed by atoms with Gasteiger partial charge in [-0.3, -0.25) is 0 Å². The highest BCUT2D eigenvalue weighted by Crippen LogP contribution is 2.31. The summed E-state index contributed by atoms with van der Waals surface area (Å²) in [5.41, 5.74) is 0.382. The van der Waals surface area contributed by atoms with E-state index in [2.05, 4.69) is 36.8 Å². The Morgan fingerprint density at radius 2 is 2.00 bits per heavy atom. The van der Waals surface area contributed by atoms with Crippen molar-refractivity contribution in [1.29, 1.82) is 0 Å². The largest absolute Gasteiger partial charge is 0.386 e. The lowest BCUT2D eigenvalue weighted by Gasteiger charge is -2.28. The van der Waals surface area contributed by atoms with Gasteiger partial charge < -0.3 is 5.11 Å². The molecule has 9 radical (unpaired) electrons. The van der Waals surface area contributed by atoms with E-state index in [1.54, 1.807) is 0 Å². The average molecular weight is 233 g/mol. The maximum absolute atomic E-state index is 10.2. The third-order valence-corrected chi connectivity index (χ3v) is 3.20. The number of rotatable bonds is 4. The lowest BCUT2D eigenvalue weighted by molar-refractivity contribution is 0.0852. The van der Waals surface area contributed by atoms with Gasteiger partial charge in [0.1, 0.15) is 0 Å². The van der Waals surface area contributed by atoms with Crippen molar-refractivity contribution in [2.45, 2.75) is 36.1 Å². The van der Waals surface area contributed by atoms with Gasteiger partial charge in [0.05, 0.1) is 5.60 Å². The average Bonchev–Trinajstić information content (AvgIpc) is 2.52. The smallest absolute Gasteiger partial charge is 0.0834 e. The molecule has 0 saturated heterocycles. The van der Waals surface area contributed by atoms with Crippen LogP contribution in [0.4, 0.5) is 0 Å². The van der Waals surface area contributed by atoms with E-state index in [1.165, 1.54) is 0 Å². The molecule has 4 heteroatoms. The molecule has 0 amide bonds. The van der Waals surface area contributed by atoms with Gasteiger partial charge in [0.15, 0.2) is 0 Å². The zero-order valence-electron chi connectivity index (χ0n) is 8.30. The van der Waals surface area contributed by atoms with Crippen LogP contribution in [0.15, 0.2) is 23.8 Å². The molecule has 1 rings (SSSR count). The van der Waals surface area contributed by atoms with E-state index in [-0.39, 0.29) is 4.28 Å². The van der Waals surface area contributed by atoms with Crippen LogP contribution in [0.25, 0.3) is 0 Å². The normalized spacial score (nSPS) is 20.8. The van der Waals surface area contributed by atoms with E-state index in [0.717, 1.165) is 18.4 Å². The first-order chi connectivity index (χ1) is 6.31. The number of aliphatic hydroxyl groups is 1. The highest BCUT2D eigenvalue weighted by Gasteiger charge is 2.27. The van der Waals surface area contributed by atoms with Crippen molar-refractivity contribution in [2.24, 2.45) is 0 Å². The molecule has 14 heavy (non-hydrogen) atoms. The Labute approximate surface area is 95.9 Å². The van der Waals surface area contributed by atoms with E-state index >= 15 is 0 Å². The van der Waals surface area contributed by atoms with Gasteiger partial charge >= 0.3 is 0 Å². The lowest BCUT2D eigenvalue weighted by atomic mass is 9.90. The van der Waals surface area contributed by atoms with E-state index in [0.29, 0.717) is 6.42 Å². The minimum absolute atomic E-state index is 0.281. The van der Waals surface area contributed by atoms with Crippen molar-refractivity contribution in [3.63, 3.8) is 0 Å². The standard InChI is InChI=1S/C10H13OSi3/c1-9(11,6-7-10(12,13)14)8-4-2-3-5-8/h2-4,11H,5-7H2,1H3. The maximum atomic E-state index is 10.2. The molecular weight excluding hydrogens is 220 g/mol. The summed E-state index contributed by atoms with van der Waals surface area (Å²) in [6, 6.07) is 0. The van der Waals surface area contributed by atoms with Crippen molar-refractivity contribution in [3.05, 3.63) is 23.8 Å². The molecule has 0 fully saturated rings. The number of hydrogen-bond donors (Lipinski definition) is 1. The van der Waals surface area contributed by atoms with Crippen LogP contribution in [0.5, 0.6) is 0 Å². The summed E-state index contributed by atoms with van der Waals surface area (Å²) in [4.78, 5) is 0. The molecule has 0 spiro atoms. The van der Waals surface area contributed by atoms with E-state index in [4.69, 9.17) is 0 Å². The van der Waals surface area contributed by atoms with Crippen LogP contribution in [-0.2, 0) is 0 Å². The Bertz CT molecular complexity index is 261. The number of allylic oxidation sites excluding steroid dienone is 3. The highest BCUT2D eigenvalue weighted by atomic mass is 28.3. The van der Waals surface area contributed by atoms with Crippen LogP contribution >= 0.6 is 0 Å². The molecule has 0 aromatic carbocycles. The summed E-state index contributed by atoms with van der Waals surface area (Å²) in [5.74, 6) is 0. The van der Waals surface area contributed by atoms with Gasteiger partial charge in [-0.05, 0) is 25.3 Å². The first kappa shape index (κ1) is 12.2. The Morgan fingerprint density at radius 1 is 1.36 bits per heavy atom. The van der Waals surface area contributed by atoms with Gasteiger partial charge in [-0.25, -0.2) is 0 Å². The van der Waals surface area contributed by atoms with Gasteiger partial charge in [0.25, 0.3) is 0 Å². The molecule has 1 aliphatic rings. The Hall–Kier alpha value is 0.0906. The molecule has 71 valence electrons. The van der Waals surface area contributed by atoms with Crippen molar-refractivity contribution >= 4 is 30.7 Å². The van der Waals surface area contributed by atoms with Crippen LogP contribution in [0.1, 0.15) is 26.2 Å². The second-order valence-corrected chi connectivity index (χ2v) is 8.06. The van der Waals surface area contributed by atoms with Crippen LogP contribution in [0.3, 0.4) is 0 Å². The van der Waals surface area contributed by atoms with E-state index < -0.39 is 5.60 Å². The van der Waals surface area contributed by atoms with Gasteiger partial charge in [-0.2, -0.15) is 0 Å². The summed E-state index contributed by atoms with van der Waals surface area (Å²) >= 11 is 0. The SMILES string of the molecule is CC(O)(CCC([Si])([Si])[Si])C1=CC=CC1. The second kappa shape index (κ2) is 4.30. The summed E-state index contributed by atoms with van der Waals surface area (Å²) in [7, 11) is 10.4. The highest BCUT2D eigenvalue weighted by molar-refractivity contribution is 6.58. The van der Waals surface area contributed by atoms with Crippen LogP contribution < -0.4 is 0 Å². The van der Waals surface area contributed by atoms with Crippen LogP contribution in [-0.4, -0.2) is 41.4 Å². The molecule has 0 aliphatic heterocycles. The summed E-state index contributed by atoms with van der Waals surface area (Å²) in [6.07, 6.45) is 8.42. The summed E-state index contributed by atoms with van der Waals surface area (Å²) in [5, 5.41) is 10.2. The Balaban J connectivity index is 2.50. The third-order valence-electron chi connectivity index (χ3n) is 2.45. The Kier molecular flexibility index (Phi) is 3.74. The monoisotopic (exact) mass is 233 g/mol. The molecule has 0 aromatic heterocycles. The van der Waals surface area contributed by atoms with Gasteiger partial charge in [-0.15, -0.1) is 0 Å². The van der Waals surface area contributed by atoms with Gasteiger partial charge in [-0.1, -0.05) is 28.9 Å². The van der Waals surface area contributed by atoms with Crippen molar-refractivity contribution in [3.8, 4) is 0 Å². The first-order valence-electron chi connectivity index (χ1n) is 4.65. The van der Waals surface area contributed by atoms with Gasteiger partial charge in [0.2, 0.25) is 0 Å². The zero-order chi connectivity index (χ0) is 10.8. The molecule has 0 aromatic rings. The Morgan fingerprint density at radius 3 is 2.43 bits per heavy atom. The van der Waals surface area contributed by atoms with E-state index in [1.807, 2.05) is 19.1 Å². The molecular formula is C10H13OSi3. The molecule has 1 unspecified atom stereocenters. The lowest BCUT2D eigenvalue weighted by Crippen LogP contribution is -2.29. The number of hydrogen-bond acceptors (Lipinski definition) is 1. The molecule has 1 nitrogen and oxygen atoms in total. The molecule has 0 heterocycles. The first-order valence-corrected chi connectivity index (χ1v) is 6.15. The second-order valence-electron chi connectivity index (χ2n) is 4.00. The summed E-state index contributed by atoms with van der Waals surface area (Å²) in [6.45, 7) is 1.86. The minimum Gasteiger partial charge on any atom is -0.386 e. The fraction of sp³-hybridized carbons (Fsp3) is 0.600. The van der Waals surface area contributed by atoms with E-state index in [9.17, 15) is 5.11 Å². The molecule has 0 saturated carbocycles. The van der Waals surface area contributed by atoms with Crippen molar-refractivity contribution in [2.75, 3.05) is 0 Å². The van der Waals surface area contributed by atoms with Gasteiger partial charge in [0, 0.05) is 30.7 Å². The summed E-state index contributed by atoms with van der Waals surface area (Å²) < 4.78 is -0.281. The minimum atomic E-state index is -0.708. The third kappa shape index (κ3) is 3.68. The molecule has 1 aliphatic carbocycles. The molecule has 1 N–H and O–H groups in total. The van der Waals surface area contributed by atoms with Crippen LogP contribution in [0, 0.1) is 0 Å². The predicted molar refractivity (Wildman–Crippen MR) is 61.7 cm³/mol. The fourth-order valence-electron chi connectivity index (χ4n) is 1.44. The quantitative estimate of drug-likeness (QED) is 0.718. The maximum Gasteiger partial charge on any atom is 0.0834 e. The topological polar surface area (TPSA) is 20.2 Å². The fourth-order valence-corrected chi connectivity index (χ4v) is 1.81. The molecule has 1 atom stereocenters.